The molecule has 4 unspecified atom stereocenters. The molecule has 0 aliphatic heterocycles. The summed E-state index contributed by atoms with van der Waals surface area (Å²) >= 11 is 0. The highest BCUT2D eigenvalue weighted by molar-refractivity contribution is 5.78. The van der Waals surface area contributed by atoms with E-state index in [1.54, 1.807) is 0 Å². The van der Waals surface area contributed by atoms with Gasteiger partial charge in [-0.1, -0.05) is 50.0 Å². The van der Waals surface area contributed by atoms with E-state index in [0.29, 0.717) is 0 Å². The van der Waals surface area contributed by atoms with Gasteiger partial charge in [0.05, 0.1) is 65.4 Å². The molecule has 0 aliphatic carbocycles. The van der Waals surface area contributed by atoms with Crippen LogP contribution in [0.5, 0.6) is 0 Å². The van der Waals surface area contributed by atoms with Gasteiger partial charge in [-0.3, -0.25) is 15.6 Å². The van der Waals surface area contributed by atoms with Crippen molar-refractivity contribution in [3.05, 3.63) is 72.8 Å². The number of aromatic amines is 2. The van der Waals surface area contributed by atoms with Crippen LogP contribution in [-0.4, -0.2) is 41.4 Å². The molecule has 0 amide bonds. The number of aromatic nitrogens is 6. The number of hydrogen-bond donors (Lipinski definition) is 4. The van der Waals surface area contributed by atoms with Gasteiger partial charge in [0.15, 0.2) is 0 Å². The molecule has 8 nitrogen and oxygen atoms in total. The molecule has 4 N–H and O–H groups in total. The van der Waals surface area contributed by atoms with Gasteiger partial charge in [0.25, 0.3) is 0 Å². The van der Waals surface area contributed by atoms with Crippen LogP contribution >= 0.6 is 0 Å². The summed E-state index contributed by atoms with van der Waals surface area (Å²) in [6.45, 7) is 8.25. The number of fused-ring (bicyclic) bond motifs is 1. The smallest absolute Gasteiger partial charge is 0.123 e. The normalized spacial score (nSPS) is 14.3. The molecule has 0 aliphatic rings. The molecular weight excluding hydrogens is 508 g/mol. The lowest BCUT2D eigenvalue weighted by atomic mass is 10.1. The van der Waals surface area contributed by atoms with Crippen LogP contribution < -0.4 is 10.6 Å². The molecule has 0 radical (unpaired) electrons. The third-order valence-corrected chi connectivity index (χ3v) is 7.45. The van der Waals surface area contributed by atoms with Crippen molar-refractivity contribution >= 4 is 5.52 Å². The number of nitrogens with zero attached hydrogens (tertiary/aromatic N) is 4. The van der Waals surface area contributed by atoms with Gasteiger partial charge in [0.1, 0.15) is 17.3 Å². The van der Waals surface area contributed by atoms with Crippen LogP contribution in [0.3, 0.4) is 0 Å². The SMILES string of the molecule is C#CC(CC)NC(C)c1ncc(-c2ccc(-c3cnc(-c4cnc(C(C)NC(C#C)CC)[nH]4)c4cccn34)cc2)[nH]1. The predicted octanol–water partition coefficient (Wildman–Crippen LogP) is 5.91. The molecule has 0 saturated carbocycles. The van der Waals surface area contributed by atoms with Gasteiger partial charge in [0.2, 0.25) is 0 Å². The third-order valence-electron chi connectivity index (χ3n) is 7.45. The van der Waals surface area contributed by atoms with E-state index in [1.807, 2.05) is 24.7 Å². The Hall–Kier alpha value is -4.63. The summed E-state index contributed by atoms with van der Waals surface area (Å²) in [6.07, 6.45) is 20.6. The van der Waals surface area contributed by atoms with Crippen LogP contribution in [0.4, 0.5) is 0 Å². The number of imidazole rings is 2. The Balaban J connectivity index is 1.36. The lowest BCUT2D eigenvalue weighted by Gasteiger charge is -2.16. The van der Waals surface area contributed by atoms with Crippen molar-refractivity contribution in [2.45, 2.75) is 64.7 Å². The molecule has 208 valence electrons. The van der Waals surface area contributed by atoms with Gasteiger partial charge in [-0.15, -0.1) is 12.8 Å². The Kier molecular flexibility index (Phi) is 8.35. The molecule has 5 aromatic rings. The number of terminal acetylenes is 2. The van der Waals surface area contributed by atoms with E-state index in [9.17, 15) is 0 Å². The van der Waals surface area contributed by atoms with Crippen LogP contribution in [0, 0.1) is 24.7 Å². The maximum atomic E-state index is 5.62. The molecule has 41 heavy (non-hydrogen) atoms. The summed E-state index contributed by atoms with van der Waals surface area (Å²) in [6, 6.07) is 12.5. The summed E-state index contributed by atoms with van der Waals surface area (Å²) in [4.78, 5) is 20.9. The first-order valence-electron chi connectivity index (χ1n) is 14.1. The summed E-state index contributed by atoms with van der Waals surface area (Å²) in [5, 5.41) is 6.85. The average molecular weight is 545 g/mol. The maximum absolute atomic E-state index is 5.62. The lowest BCUT2D eigenvalue weighted by Crippen LogP contribution is -2.30. The van der Waals surface area contributed by atoms with E-state index in [0.717, 1.165) is 63.9 Å². The molecule has 8 heteroatoms. The van der Waals surface area contributed by atoms with Crippen molar-refractivity contribution in [3.63, 3.8) is 0 Å². The molecule has 5 rings (SSSR count). The second-order valence-electron chi connectivity index (χ2n) is 10.2. The monoisotopic (exact) mass is 544 g/mol. The highest BCUT2D eigenvalue weighted by Crippen LogP contribution is 2.29. The van der Waals surface area contributed by atoms with Crippen molar-refractivity contribution in [1.82, 2.24) is 40.0 Å². The fourth-order valence-corrected chi connectivity index (χ4v) is 4.99. The molecule has 1 aromatic carbocycles. The van der Waals surface area contributed by atoms with Crippen molar-refractivity contribution in [3.8, 4) is 58.6 Å². The molecule has 4 aromatic heterocycles. The second-order valence-corrected chi connectivity index (χ2v) is 10.2. The van der Waals surface area contributed by atoms with Gasteiger partial charge in [-0.25, -0.2) is 9.97 Å². The second kappa shape index (κ2) is 12.3. The van der Waals surface area contributed by atoms with Crippen LogP contribution in [0.1, 0.15) is 64.3 Å². The van der Waals surface area contributed by atoms with Gasteiger partial charge in [-0.2, -0.15) is 0 Å². The first-order chi connectivity index (χ1) is 19.9. The summed E-state index contributed by atoms with van der Waals surface area (Å²) in [5.41, 5.74) is 6.77. The molecule has 0 spiro atoms. The number of H-pyrrole nitrogens is 2. The van der Waals surface area contributed by atoms with E-state index in [-0.39, 0.29) is 24.2 Å². The fraction of sp³-hybridized carbons (Fsp3) is 0.303. The number of hydrogen-bond acceptors (Lipinski definition) is 5. The number of benzene rings is 1. The topological polar surface area (TPSA) is 98.7 Å². The van der Waals surface area contributed by atoms with E-state index in [4.69, 9.17) is 17.8 Å². The zero-order valence-corrected chi connectivity index (χ0v) is 23.9. The van der Waals surface area contributed by atoms with Gasteiger partial charge < -0.3 is 14.4 Å². The highest BCUT2D eigenvalue weighted by atomic mass is 15.0. The van der Waals surface area contributed by atoms with Crippen LogP contribution in [0.2, 0.25) is 0 Å². The van der Waals surface area contributed by atoms with Crippen LogP contribution in [0.15, 0.2) is 61.2 Å². The standard InChI is InChI=1S/C33H36N8/c1-7-25(8-2)37-21(5)32-35-18-27(39-32)23-13-15-24(16-14-23)30-20-34-31(29-12-11-17-41(29)30)28-19-36-33(40-28)22(6)38-26(9-3)10-4/h1,3,11-22,25-26,37-38H,8,10H2,2,4-6H3,(H,35,39)(H,36,40). The minimum Gasteiger partial charge on any atom is -0.341 e. The first kappa shape index (κ1) is 27.9. The maximum Gasteiger partial charge on any atom is 0.123 e. The highest BCUT2D eigenvalue weighted by Gasteiger charge is 2.17. The van der Waals surface area contributed by atoms with Gasteiger partial charge in [-0.05, 0) is 44.4 Å². The van der Waals surface area contributed by atoms with E-state index >= 15 is 0 Å². The zero-order chi connectivity index (χ0) is 28.9. The van der Waals surface area contributed by atoms with Crippen molar-refractivity contribution in [2.75, 3.05) is 0 Å². The summed E-state index contributed by atoms with van der Waals surface area (Å²) in [7, 11) is 0. The average Bonchev–Trinajstić information content (AvgIpc) is 3.79. The van der Waals surface area contributed by atoms with Gasteiger partial charge >= 0.3 is 0 Å². The molecule has 4 atom stereocenters. The largest absolute Gasteiger partial charge is 0.341 e. The Morgan fingerprint density at radius 2 is 1.34 bits per heavy atom. The molecular formula is C33H36N8. The fourth-order valence-electron chi connectivity index (χ4n) is 4.99. The molecule has 0 bridgehead atoms. The van der Waals surface area contributed by atoms with Crippen LogP contribution in [0.25, 0.3) is 39.4 Å². The van der Waals surface area contributed by atoms with E-state index < -0.39 is 0 Å². The predicted molar refractivity (Wildman–Crippen MR) is 165 cm³/mol. The summed E-state index contributed by atoms with van der Waals surface area (Å²) < 4.78 is 2.16. The third kappa shape index (κ3) is 5.81. The summed E-state index contributed by atoms with van der Waals surface area (Å²) in [5.74, 6) is 7.25. The molecule has 4 heterocycles. The first-order valence-corrected chi connectivity index (χ1v) is 14.1. The van der Waals surface area contributed by atoms with Crippen molar-refractivity contribution < 1.29 is 0 Å². The Morgan fingerprint density at radius 3 is 1.93 bits per heavy atom. The molecule has 0 saturated heterocycles. The van der Waals surface area contributed by atoms with Crippen molar-refractivity contribution in [2.24, 2.45) is 0 Å². The van der Waals surface area contributed by atoms with E-state index in [1.165, 1.54) is 0 Å². The Bertz CT molecular complexity index is 1690. The Morgan fingerprint density at radius 1 is 0.780 bits per heavy atom. The van der Waals surface area contributed by atoms with Gasteiger partial charge in [0, 0.05) is 11.8 Å². The van der Waals surface area contributed by atoms with Crippen molar-refractivity contribution in [1.29, 1.82) is 0 Å². The number of nitrogens with one attached hydrogen (secondary N) is 4. The minimum absolute atomic E-state index is 0.00278. The number of rotatable bonds is 11. The van der Waals surface area contributed by atoms with E-state index in [2.05, 4.69) is 111 Å². The zero-order valence-electron chi connectivity index (χ0n) is 23.9. The Labute approximate surface area is 241 Å². The molecule has 0 fully saturated rings. The quantitative estimate of drug-likeness (QED) is 0.155. The lowest BCUT2D eigenvalue weighted by molar-refractivity contribution is 0.496. The van der Waals surface area contributed by atoms with Crippen LogP contribution in [-0.2, 0) is 0 Å². The minimum atomic E-state index is -0.00743.